The topological polar surface area (TPSA) is 9.23 Å². The van der Waals surface area contributed by atoms with Crippen LogP contribution in [0, 0.1) is 0 Å². The van der Waals surface area contributed by atoms with E-state index in [-0.39, 0.29) is 4.83 Å². The zero-order valence-electron chi connectivity index (χ0n) is 10.00. The number of hydrogen-bond donors (Lipinski definition) is 0. The van der Waals surface area contributed by atoms with E-state index < -0.39 is 0 Å². The Morgan fingerprint density at radius 3 is 2.74 bits per heavy atom. The van der Waals surface area contributed by atoms with E-state index in [0.717, 1.165) is 39.9 Å². The average molecular weight is 358 g/mol. The smallest absolute Gasteiger partial charge is 0.127 e. The van der Waals surface area contributed by atoms with Gasteiger partial charge in [0.25, 0.3) is 0 Å². The van der Waals surface area contributed by atoms with Crippen LogP contribution in [0.1, 0.15) is 21.5 Å². The van der Waals surface area contributed by atoms with Gasteiger partial charge >= 0.3 is 0 Å². The second-order valence-corrected chi connectivity index (χ2v) is 6.29. The largest absolute Gasteiger partial charge is 0.493 e. The Kier molecular flexibility index (Phi) is 3.75. The molecular weight excluding hydrogens is 347 g/mol. The lowest BCUT2D eigenvalue weighted by atomic mass is 10.0. The Balaban J connectivity index is 2.07. The van der Waals surface area contributed by atoms with Crippen molar-refractivity contribution in [3.05, 3.63) is 63.1 Å². The first-order valence-electron chi connectivity index (χ1n) is 6.00. The molecule has 0 aliphatic carbocycles. The minimum atomic E-state index is 0.0248. The number of hydrogen-bond acceptors (Lipinski definition) is 1. The van der Waals surface area contributed by atoms with Gasteiger partial charge in [0.15, 0.2) is 0 Å². The van der Waals surface area contributed by atoms with Gasteiger partial charge in [0.1, 0.15) is 5.75 Å². The first kappa shape index (κ1) is 13.3. The number of fused-ring (bicyclic) bond motifs is 1. The molecule has 2 aromatic rings. The molecule has 3 rings (SSSR count). The van der Waals surface area contributed by atoms with Crippen LogP contribution in [0.25, 0.3) is 0 Å². The minimum absolute atomic E-state index is 0.0248. The molecule has 0 amide bonds. The minimum Gasteiger partial charge on any atom is -0.493 e. The Labute approximate surface area is 130 Å². The van der Waals surface area contributed by atoms with Gasteiger partial charge in [-0.15, -0.1) is 0 Å². The fourth-order valence-electron chi connectivity index (χ4n) is 2.33. The summed E-state index contributed by atoms with van der Waals surface area (Å²) in [5, 5.41) is 1.47. The summed E-state index contributed by atoms with van der Waals surface area (Å²) in [6, 6.07) is 11.7. The molecule has 1 nitrogen and oxygen atoms in total. The lowest BCUT2D eigenvalue weighted by molar-refractivity contribution is 0.354. The van der Waals surface area contributed by atoms with E-state index in [1.54, 1.807) is 0 Å². The first-order valence-corrected chi connectivity index (χ1v) is 7.67. The standard InChI is InChI=1S/C15H11BrCl2O/c16-14(9-2-1-3-11(17)6-9)13-8-12(18)7-10-4-5-19-15(10)13/h1-3,6-8,14H,4-5H2. The molecule has 0 aromatic heterocycles. The molecule has 2 aromatic carbocycles. The SMILES string of the molecule is Clc1cccc(C(Br)c2cc(Cl)cc3c2OCC3)c1. The molecule has 0 fully saturated rings. The molecule has 1 aliphatic heterocycles. The van der Waals surface area contributed by atoms with Crippen molar-refractivity contribution in [2.75, 3.05) is 6.61 Å². The van der Waals surface area contributed by atoms with Gasteiger partial charge in [-0.1, -0.05) is 51.3 Å². The van der Waals surface area contributed by atoms with Crippen molar-refractivity contribution in [3.8, 4) is 5.75 Å². The van der Waals surface area contributed by atoms with E-state index in [1.807, 2.05) is 36.4 Å². The second-order valence-electron chi connectivity index (χ2n) is 4.50. The van der Waals surface area contributed by atoms with Crippen molar-refractivity contribution in [2.24, 2.45) is 0 Å². The third kappa shape index (κ3) is 2.62. The van der Waals surface area contributed by atoms with Crippen LogP contribution in [-0.4, -0.2) is 6.61 Å². The van der Waals surface area contributed by atoms with Gasteiger partial charge in [0.2, 0.25) is 0 Å². The molecule has 0 saturated heterocycles. The van der Waals surface area contributed by atoms with Crippen LogP contribution in [-0.2, 0) is 6.42 Å². The molecule has 0 saturated carbocycles. The molecule has 98 valence electrons. The molecule has 1 atom stereocenters. The maximum atomic E-state index is 6.19. The quantitative estimate of drug-likeness (QED) is 0.652. The van der Waals surface area contributed by atoms with Gasteiger partial charge in [-0.2, -0.15) is 0 Å². The fourth-order valence-corrected chi connectivity index (χ4v) is 3.40. The monoisotopic (exact) mass is 356 g/mol. The molecule has 0 bridgehead atoms. The fraction of sp³-hybridized carbons (Fsp3) is 0.200. The highest BCUT2D eigenvalue weighted by atomic mass is 79.9. The molecule has 19 heavy (non-hydrogen) atoms. The van der Waals surface area contributed by atoms with Gasteiger partial charge in [0.05, 0.1) is 11.4 Å². The zero-order chi connectivity index (χ0) is 13.4. The predicted molar refractivity (Wildman–Crippen MR) is 82.9 cm³/mol. The van der Waals surface area contributed by atoms with Crippen molar-refractivity contribution in [1.29, 1.82) is 0 Å². The van der Waals surface area contributed by atoms with Crippen LogP contribution < -0.4 is 4.74 Å². The lowest BCUT2D eigenvalue weighted by Gasteiger charge is -2.15. The van der Waals surface area contributed by atoms with Crippen molar-refractivity contribution < 1.29 is 4.74 Å². The lowest BCUT2D eigenvalue weighted by Crippen LogP contribution is -1.97. The van der Waals surface area contributed by atoms with Crippen molar-refractivity contribution >= 4 is 39.1 Å². The van der Waals surface area contributed by atoms with E-state index in [9.17, 15) is 0 Å². The van der Waals surface area contributed by atoms with Crippen LogP contribution in [0.3, 0.4) is 0 Å². The normalized spacial score (nSPS) is 14.9. The van der Waals surface area contributed by atoms with Crippen LogP contribution >= 0.6 is 39.1 Å². The van der Waals surface area contributed by atoms with Crippen LogP contribution in [0.2, 0.25) is 10.0 Å². The number of halogens is 3. The number of alkyl halides is 1. The number of ether oxygens (including phenoxy) is 1. The molecule has 0 radical (unpaired) electrons. The summed E-state index contributed by atoms with van der Waals surface area (Å²) >= 11 is 16.0. The Morgan fingerprint density at radius 1 is 1.11 bits per heavy atom. The Morgan fingerprint density at radius 2 is 1.95 bits per heavy atom. The summed E-state index contributed by atoms with van der Waals surface area (Å²) in [6.07, 6.45) is 0.915. The highest BCUT2D eigenvalue weighted by Crippen LogP contribution is 2.42. The van der Waals surface area contributed by atoms with Gasteiger partial charge in [-0.3, -0.25) is 0 Å². The molecular formula is C15H11BrCl2O. The molecule has 0 N–H and O–H groups in total. The van der Waals surface area contributed by atoms with Crippen molar-refractivity contribution in [2.45, 2.75) is 11.2 Å². The molecule has 0 spiro atoms. The summed E-state index contributed by atoms with van der Waals surface area (Å²) in [7, 11) is 0. The first-order chi connectivity index (χ1) is 9.15. The van der Waals surface area contributed by atoms with Crippen LogP contribution in [0.15, 0.2) is 36.4 Å². The molecule has 1 aliphatic rings. The summed E-state index contributed by atoms with van der Waals surface area (Å²) in [6.45, 7) is 0.720. The highest BCUT2D eigenvalue weighted by molar-refractivity contribution is 9.09. The van der Waals surface area contributed by atoms with E-state index >= 15 is 0 Å². The van der Waals surface area contributed by atoms with Crippen molar-refractivity contribution in [3.63, 3.8) is 0 Å². The maximum absolute atomic E-state index is 6.19. The Hall–Kier alpha value is -0.700. The molecule has 1 unspecified atom stereocenters. The van der Waals surface area contributed by atoms with Crippen LogP contribution in [0.4, 0.5) is 0 Å². The second kappa shape index (κ2) is 5.35. The van der Waals surface area contributed by atoms with Gasteiger partial charge < -0.3 is 4.74 Å². The number of rotatable bonds is 2. The third-order valence-electron chi connectivity index (χ3n) is 3.19. The Bertz CT molecular complexity index is 628. The summed E-state index contributed by atoms with van der Waals surface area (Å²) in [5.41, 5.74) is 3.32. The molecule has 4 heteroatoms. The van der Waals surface area contributed by atoms with Gasteiger partial charge in [-0.05, 0) is 35.4 Å². The third-order valence-corrected chi connectivity index (χ3v) is 4.67. The summed E-state index contributed by atoms with van der Waals surface area (Å²) in [4.78, 5) is 0.0248. The van der Waals surface area contributed by atoms with E-state index in [1.165, 1.54) is 5.56 Å². The van der Waals surface area contributed by atoms with E-state index in [4.69, 9.17) is 27.9 Å². The van der Waals surface area contributed by atoms with Crippen LogP contribution in [0.5, 0.6) is 5.75 Å². The number of benzene rings is 2. The maximum Gasteiger partial charge on any atom is 0.127 e. The van der Waals surface area contributed by atoms with E-state index in [0.29, 0.717) is 0 Å². The van der Waals surface area contributed by atoms with Crippen molar-refractivity contribution in [1.82, 2.24) is 0 Å². The average Bonchev–Trinajstić information content (AvgIpc) is 2.85. The summed E-state index contributed by atoms with van der Waals surface area (Å²) < 4.78 is 5.74. The van der Waals surface area contributed by atoms with Gasteiger partial charge in [-0.25, -0.2) is 0 Å². The molecule has 1 heterocycles. The predicted octanol–water partition coefficient (Wildman–Crippen LogP) is 5.41. The highest BCUT2D eigenvalue weighted by Gasteiger charge is 2.23. The summed E-state index contributed by atoms with van der Waals surface area (Å²) in [5.74, 6) is 0.950. The zero-order valence-corrected chi connectivity index (χ0v) is 13.1. The van der Waals surface area contributed by atoms with E-state index in [2.05, 4.69) is 15.9 Å². The van der Waals surface area contributed by atoms with Gasteiger partial charge in [0, 0.05) is 22.0 Å².